The van der Waals surface area contributed by atoms with Crippen molar-refractivity contribution in [3.63, 3.8) is 0 Å². The van der Waals surface area contributed by atoms with E-state index in [1.54, 1.807) is 16.7 Å². The largest absolute Gasteiger partial charge is 0.393 e. The third-order valence-corrected chi connectivity index (χ3v) is 3.41. The highest BCUT2D eigenvalue weighted by atomic mass is 32.1. The Morgan fingerprint density at radius 2 is 2.10 bits per heavy atom. The first-order chi connectivity index (χ1) is 9.38. The van der Waals surface area contributed by atoms with Crippen molar-refractivity contribution in [2.24, 2.45) is 12.8 Å². The van der Waals surface area contributed by atoms with Crippen LogP contribution in [0.25, 0.3) is 0 Å². The molecule has 0 radical (unpaired) electrons. The quantitative estimate of drug-likeness (QED) is 0.754. The fraction of sp³-hybridized carbons (Fsp3) is 0.615. The lowest BCUT2D eigenvalue weighted by Gasteiger charge is -2.22. The molecule has 0 aliphatic heterocycles. The second-order valence-corrected chi connectivity index (χ2v) is 5.20. The lowest BCUT2D eigenvalue weighted by molar-refractivity contribution is 0.0699. The van der Waals surface area contributed by atoms with Gasteiger partial charge >= 0.3 is 0 Å². The van der Waals surface area contributed by atoms with Crippen LogP contribution in [0.15, 0.2) is 0 Å². The number of carbonyl (C=O) groups excluding carboxylic acids is 1. The van der Waals surface area contributed by atoms with Gasteiger partial charge in [-0.25, -0.2) is 0 Å². The minimum absolute atomic E-state index is 0.0543. The number of carbonyl (C=O) groups is 1. The van der Waals surface area contributed by atoms with E-state index in [1.165, 1.54) is 0 Å². The van der Waals surface area contributed by atoms with Gasteiger partial charge in [0, 0.05) is 39.4 Å². The summed E-state index contributed by atoms with van der Waals surface area (Å²) in [5, 5.41) is 4.28. The maximum absolute atomic E-state index is 12.7. The van der Waals surface area contributed by atoms with Gasteiger partial charge in [-0.2, -0.15) is 5.10 Å². The van der Waals surface area contributed by atoms with Crippen LogP contribution in [0, 0.1) is 13.8 Å². The number of aryl methyl sites for hydroxylation is 2. The van der Waals surface area contributed by atoms with E-state index in [-0.39, 0.29) is 5.91 Å². The summed E-state index contributed by atoms with van der Waals surface area (Å²) in [6, 6.07) is 0. The Morgan fingerprint density at radius 1 is 1.45 bits per heavy atom. The smallest absolute Gasteiger partial charge is 0.257 e. The third-order valence-electron chi connectivity index (χ3n) is 3.20. The molecule has 0 bridgehead atoms. The lowest BCUT2D eigenvalue weighted by atomic mass is 10.1. The number of ether oxygens (including phenoxy) is 1. The lowest BCUT2D eigenvalue weighted by Crippen LogP contribution is -2.36. The molecule has 0 fully saturated rings. The van der Waals surface area contributed by atoms with Crippen LogP contribution in [0.3, 0.4) is 0 Å². The molecule has 1 aromatic heterocycles. The average Bonchev–Trinajstić information content (AvgIpc) is 2.62. The maximum Gasteiger partial charge on any atom is 0.257 e. The number of amides is 1. The molecule has 6 nitrogen and oxygen atoms in total. The van der Waals surface area contributed by atoms with Crippen LogP contribution in [0.4, 0.5) is 0 Å². The summed E-state index contributed by atoms with van der Waals surface area (Å²) < 4.78 is 6.76. The predicted molar refractivity (Wildman–Crippen MR) is 81.9 cm³/mol. The number of nitrogens with zero attached hydrogens (tertiary/aromatic N) is 3. The maximum atomic E-state index is 12.7. The van der Waals surface area contributed by atoms with Gasteiger partial charge in [0.2, 0.25) is 0 Å². The Labute approximate surface area is 124 Å². The summed E-state index contributed by atoms with van der Waals surface area (Å²) in [5.74, 6) is -0.0543. The summed E-state index contributed by atoms with van der Waals surface area (Å²) in [7, 11) is 3.43. The molecular weight excluding hydrogens is 276 g/mol. The monoisotopic (exact) mass is 298 g/mol. The SMILES string of the molecule is COCCN(CCC(N)=S)C(=O)c1c(C)nn(C)c1C. The molecule has 0 unspecified atom stereocenters. The molecule has 7 heteroatoms. The Hall–Kier alpha value is -1.47. The molecule has 0 spiro atoms. The molecule has 2 N–H and O–H groups in total. The minimum Gasteiger partial charge on any atom is -0.393 e. The van der Waals surface area contributed by atoms with E-state index in [0.717, 1.165) is 11.4 Å². The number of nitrogens with two attached hydrogens (primary N) is 1. The predicted octanol–water partition coefficient (Wildman–Crippen LogP) is 0.802. The van der Waals surface area contributed by atoms with Crippen LogP contribution in [0.5, 0.6) is 0 Å². The van der Waals surface area contributed by atoms with E-state index in [0.29, 0.717) is 36.7 Å². The first-order valence-corrected chi connectivity index (χ1v) is 6.86. The molecule has 1 amide bonds. The van der Waals surface area contributed by atoms with Gasteiger partial charge in [-0.3, -0.25) is 9.48 Å². The second-order valence-electron chi connectivity index (χ2n) is 4.67. The van der Waals surface area contributed by atoms with Gasteiger partial charge in [-0.05, 0) is 13.8 Å². The summed E-state index contributed by atoms with van der Waals surface area (Å²) in [4.78, 5) is 14.8. The molecule has 0 saturated heterocycles. The Balaban J connectivity index is 2.93. The number of thiocarbonyl (C=S) groups is 1. The molecular formula is C13H22N4O2S. The van der Waals surface area contributed by atoms with Crippen LogP contribution in [0.1, 0.15) is 28.2 Å². The number of hydrogen-bond acceptors (Lipinski definition) is 4. The van der Waals surface area contributed by atoms with Crippen molar-refractivity contribution >= 4 is 23.1 Å². The fourth-order valence-corrected chi connectivity index (χ4v) is 2.09. The molecule has 0 aliphatic carbocycles. The second kappa shape index (κ2) is 7.35. The number of hydrogen-bond donors (Lipinski definition) is 1. The summed E-state index contributed by atoms with van der Waals surface area (Å²) in [6.07, 6.45) is 0.503. The molecule has 0 atom stereocenters. The summed E-state index contributed by atoms with van der Waals surface area (Å²) >= 11 is 4.88. The first-order valence-electron chi connectivity index (χ1n) is 6.45. The zero-order valence-corrected chi connectivity index (χ0v) is 13.3. The van der Waals surface area contributed by atoms with Gasteiger partial charge in [-0.15, -0.1) is 0 Å². The number of aromatic nitrogens is 2. The molecule has 112 valence electrons. The van der Waals surface area contributed by atoms with Gasteiger partial charge in [0.05, 0.1) is 22.9 Å². The molecule has 1 rings (SSSR count). The number of rotatable bonds is 7. The van der Waals surface area contributed by atoms with Crippen LogP contribution in [0.2, 0.25) is 0 Å². The van der Waals surface area contributed by atoms with E-state index in [4.69, 9.17) is 22.7 Å². The van der Waals surface area contributed by atoms with E-state index >= 15 is 0 Å². The Bertz CT molecular complexity index is 499. The topological polar surface area (TPSA) is 73.4 Å². The van der Waals surface area contributed by atoms with Crippen molar-refractivity contribution in [1.29, 1.82) is 0 Å². The van der Waals surface area contributed by atoms with Crippen LogP contribution in [-0.2, 0) is 11.8 Å². The van der Waals surface area contributed by atoms with Gasteiger partial charge in [0.25, 0.3) is 5.91 Å². The van der Waals surface area contributed by atoms with Gasteiger partial charge in [-0.1, -0.05) is 12.2 Å². The number of methoxy groups -OCH3 is 1. The van der Waals surface area contributed by atoms with Gasteiger partial charge in [0.15, 0.2) is 0 Å². The highest BCUT2D eigenvalue weighted by Gasteiger charge is 2.22. The first kappa shape index (κ1) is 16.6. The highest BCUT2D eigenvalue weighted by molar-refractivity contribution is 7.80. The summed E-state index contributed by atoms with van der Waals surface area (Å²) in [6.45, 7) is 5.19. The molecule has 0 aromatic carbocycles. The van der Waals surface area contributed by atoms with E-state index < -0.39 is 0 Å². The van der Waals surface area contributed by atoms with E-state index in [9.17, 15) is 4.79 Å². The summed E-state index contributed by atoms with van der Waals surface area (Å²) in [5.41, 5.74) is 7.74. The standard InChI is InChI=1S/C13H22N4O2S/c1-9-12(10(2)16(3)15-9)13(18)17(7-8-19-4)6-5-11(14)20/h5-8H2,1-4H3,(H2,14,20). The fourth-order valence-electron chi connectivity index (χ4n) is 2.00. The zero-order valence-electron chi connectivity index (χ0n) is 12.5. The third kappa shape index (κ3) is 4.01. The van der Waals surface area contributed by atoms with Crippen molar-refractivity contribution in [2.45, 2.75) is 20.3 Å². The van der Waals surface area contributed by atoms with E-state index in [2.05, 4.69) is 5.10 Å². The molecule has 1 heterocycles. The molecule has 0 saturated carbocycles. The Kier molecular flexibility index (Phi) is 6.09. The van der Waals surface area contributed by atoms with Crippen molar-refractivity contribution in [2.75, 3.05) is 26.8 Å². The molecule has 1 aromatic rings. The van der Waals surface area contributed by atoms with Crippen molar-refractivity contribution in [3.8, 4) is 0 Å². The normalized spacial score (nSPS) is 10.6. The molecule has 20 heavy (non-hydrogen) atoms. The van der Waals surface area contributed by atoms with Crippen molar-refractivity contribution in [3.05, 3.63) is 17.0 Å². The van der Waals surface area contributed by atoms with Crippen molar-refractivity contribution < 1.29 is 9.53 Å². The minimum atomic E-state index is -0.0543. The zero-order chi connectivity index (χ0) is 15.3. The van der Waals surface area contributed by atoms with Gasteiger partial charge in [0.1, 0.15) is 0 Å². The van der Waals surface area contributed by atoms with Crippen LogP contribution >= 0.6 is 12.2 Å². The Morgan fingerprint density at radius 3 is 2.55 bits per heavy atom. The van der Waals surface area contributed by atoms with Crippen LogP contribution in [-0.4, -0.2) is 52.4 Å². The van der Waals surface area contributed by atoms with Crippen molar-refractivity contribution in [1.82, 2.24) is 14.7 Å². The van der Waals surface area contributed by atoms with Gasteiger partial charge < -0.3 is 15.4 Å². The highest BCUT2D eigenvalue weighted by Crippen LogP contribution is 2.15. The van der Waals surface area contributed by atoms with Crippen LogP contribution < -0.4 is 5.73 Å². The van der Waals surface area contributed by atoms with E-state index in [1.807, 2.05) is 20.9 Å². The molecule has 0 aliphatic rings. The average molecular weight is 298 g/mol.